The summed E-state index contributed by atoms with van der Waals surface area (Å²) in [6.07, 6.45) is 2.13. The first-order valence-electron chi connectivity index (χ1n) is 7.16. The lowest BCUT2D eigenvalue weighted by molar-refractivity contribution is 0.0905. The highest BCUT2D eigenvalue weighted by Gasteiger charge is 2.19. The number of nitrogens with one attached hydrogen (secondary N) is 2. The number of hydrogen-bond donors (Lipinski definition) is 2. The zero-order valence-electron chi connectivity index (χ0n) is 12.0. The first-order valence-corrected chi connectivity index (χ1v) is 7.16. The van der Waals surface area contributed by atoms with E-state index >= 15 is 0 Å². The molecule has 3 rings (SSSR count). The summed E-state index contributed by atoms with van der Waals surface area (Å²) in [6, 6.07) is 6.08. The van der Waals surface area contributed by atoms with Gasteiger partial charge in [-0.05, 0) is 62.6 Å². The summed E-state index contributed by atoms with van der Waals surface area (Å²) in [4.78, 5) is 12.2. The zero-order chi connectivity index (χ0) is 14.1. The molecule has 0 bridgehead atoms. The van der Waals surface area contributed by atoms with E-state index in [0.717, 1.165) is 36.9 Å². The molecule has 0 spiro atoms. The Kier molecular flexibility index (Phi) is 3.49. The summed E-state index contributed by atoms with van der Waals surface area (Å²) >= 11 is 0. The van der Waals surface area contributed by atoms with Crippen molar-refractivity contribution in [2.24, 2.45) is 0 Å². The molecule has 0 radical (unpaired) electrons. The SMILES string of the molecule is Cc1cc2cc(C(=O)NC3CCCNC3)oc2cc1C. The second-order valence-electron chi connectivity index (χ2n) is 5.60. The van der Waals surface area contributed by atoms with E-state index in [9.17, 15) is 4.79 Å². The Labute approximate surface area is 118 Å². The lowest BCUT2D eigenvalue weighted by Gasteiger charge is -2.23. The third kappa shape index (κ3) is 2.56. The molecule has 20 heavy (non-hydrogen) atoms. The Balaban J connectivity index is 1.80. The van der Waals surface area contributed by atoms with E-state index in [1.807, 2.05) is 19.1 Å². The fraction of sp³-hybridized carbons (Fsp3) is 0.438. The monoisotopic (exact) mass is 272 g/mol. The Hall–Kier alpha value is -1.81. The number of carbonyl (C=O) groups is 1. The molecule has 1 aromatic carbocycles. The lowest BCUT2D eigenvalue weighted by Crippen LogP contribution is -2.45. The summed E-state index contributed by atoms with van der Waals surface area (Å²) in [6.45, 7) is 5.99. The van der Waals surface area contributed by atoms with Crippen LogP contribution in [0.4, 0.5) is 0 Å². The molecule has 1 amide bonds. The summed E-state index contributed by atoms with van der Waals surface area (Å²) in [5.74, 6) is 0.278. The van der Waals surface area contributed by atoms with Gasteiger partial charge in [-0.15, -0.1) is 0 Å². The Morgan fingerprint density at radius 1 is 1.30 bits per heavy atom. The van der Waals surface area contributed by atoms with Crippen LogP contribution in [-0.2, 0) is 0 Å². The van der Waals surface area contributed by atoms with E-state index in [2.05, 4.69) is 23.6 Å². The minimum atomic E-state index is -0.120. The molecule has 1 fully saturated rings. The van der Waals surface area contributed by atoms with Crippen LogP contribution in [0.5, 0.6) is 0 Å². The molecular formula is C16H20N2O2. The first kappa shape index (κ1) is 13.2. The molecule has 0 saturated carbocycles. The van der Waals surface area contributed by atoms with Crippen molar-refractivity contribution in [3.8, 4) is 0 Å². The maximum atomic E-state index is 12.2. The standard InChI is InChI=1S/C16H20N2O2/c1-10-6-12-8-15(20-14(12)7-11(10)2)16(19)18-13-4-3-5-17-9-13/h6-8,13,17H,3-5,9H2,1-2H3,(H,18,19). The predicted molar refractivity (Wildman–Crippen MR) is 79.0 cm³/mol. The molecule has 1 aliphatic heterocycles. The average molecular weight is 272 g/mol. The molecule has 4 heteroatoms. The Bertz CT molecular complexity index is 600. The van der Waals surface area contributed by atoms with E-state index in [1.54, 1.807) is 0 Å². The molecule has 1 atom stereocenters. The van der Waals surface area contributed by atoms with Crippen molar-refractivity contribution in [1.29, 1.82) is 0 Å². The minimum Gasteiger partial charge on any atom is -0.451 e. The smallest absolute Gasteiger partial charge is 0.287 e. The van der Waals surface area contributed by atoms with Gasteiger partial charge in [-0.3, -0.25) is 4.79 Å². The van der Waals surface area contributed by atoms with Gasteiger partial charge in [0.1, 0.15) is 5.58 Å². The second kappa shape index (κ2) is 5.29. The van der Waals surface area contributed by atoms with E-state index in [1.165, 1.54) is 11.1 Å². The van der Waals surface area contributed by atoms with Crippen molar-refractivity contribution in [3.05, 3.63) is 35.1 Å². The number of rotatable bonds is 2. The van der Waals surface area contributed by atoms with Crippen molar-refractivity contribution >= 4 is 16.9 Å². The normalized spacial score (nSPS) is 19.2. The summed E-state index contributed by atoms with van der Waals surface area (Å²) < 4.78 is 5.67. The number of piperidine rings is 1. The van der Waals surface area contributed by atoms with E-state index in [4.69, 9.17) is 4.42 Å². The number of carbonyl (C=O) groups excluding carboxylic acids is 1. The quantitative estimate of drug-likeness (QED) is 0.883. The maximum Gasteiger partial charge on any atom is 0.287 e. The van der Waals surface area contributed by atoms with Gasteiger partial charge in [-0.2, -0.15) is 0 Å². The van der Waals surface area contributed by atoms with E-state index < -0.39 is 0 Å². The topological polar surface area (TPSA) is 54.3 Å². The van der Waals surface area contributed by atoms with Gasteiger partial charge < -0.3 is 15.1 Å². The third-order valence-electron chi connectivity index (χ3n) is 3.99. The lowest BCUT2D eigenvalue weighted by atomic mass is 10.1. The van der Waals surface area contributed by atoms with Crippen molar-refractivity contribution < 1.29 is 9.21 Å². The number of amides is 1. The number of benzene rings is 1. The largest absolute Gasteiger partial charge is 0.451 e. The van der Waals surface area contributed by atoms with Crippen LogP contribution in [-0.4, -0.2) is 25.0 Å². The van der Waals surface area contributed by atoms with Gasteiger partial charge in [0, 0.05) is 18.0 Å². The number of aryl methyl sites for hydroxylation is 2. The Morgan fingerprint density at radius 2 is 2.10 bits per heavy atom. The second-order valence-corrected chi connectivity index (χ2v) is 5.60. The predicted octanol–water partition coefficient (Wildman–Crippen LogP) is 2.53. The minimum absolute atomic E-state index is 0.120. The van der Waals surface area contributed by atoms with Gasteiger partial charge in [0.15, 0.2) is 5.76 Å². The van der Waals surface area contributed by atoms with Crippen molar-refractivity contribution in [1.82, 2.24) is 10.6 Å². The number of furan rings is 1. The van der Waals surface area contributed by atoms with Gasteiger partial charge in [-0.1, -0.05) is 0 Å². The van der Waals surface area contributed by atoms with Crippen LogP contribution in [0.1, 0.15) is 34.5 Å². The maximum absolute atomic E-state index is 12.2. The number of hydrogen-bond acceptors (Lipinski definition) is 3. The van der Waals surface area contributed by atoms with Crippen molar-refractivity contribution in [3.63, 3.8) is 0 Å². The van der Waals surface area contributed by atoms with E-state index in [0.29, 0.717) is 5.76 Å². The summed E-state index contributed by atoms with van der Waals surface area (Å²) in [5, 5.41) is 7.30. The van der Waals surface area contributed by atoms with Gasteiger partial charge in [0.25, 0.3) is 5.91 Å². The zero-order valence-corrected chi connectivity index (χ0v) is 12.0. The molecule has 1 aromatic heterocycles. The molecule has 1 unspecified atom stereocenters. The molecule has 2 N–H and O–H groups in total. The molecule has 2 aromatic rings. The highest BCUT2D eigenvalue weighted by Crippen LogP contribution is 2.23. The van der Waals surface area contributed by atoms with Crippen LogP contribution in [0.2, 0.25) is 0 Å². The fourth-order valence-electron chi connectivity index (χ4n) is 2.65. The van der Waals surface area contributed by atoms with Crippen molar-refractivity contribution in [2.45, 2.75) is 32.7 Å². The molecule has 1 aliphatic rings. The van der Waals surface area contributed by atoms with Crippen LogP contribution >= 0.6 is 0 Å². The number of fused-ring (bicyclic) bond motifs is 1. The van der Waals surface area contributed by atoms with Crippen molar-refractivity contribution in [2.75, 3.05) is 13.1 Å². The summed E-state index contributed by atoms with van der Waals surface area (Å²) in [5.41, 5.74) is 3.16. The molecular weight excluding hydrogens is 252 g/mol. The Morgan fingerprint density at radius 3 is 2.85 bits per heavy atom. The van der Waals surface area contributed by atoms with Gasteiger partial charge in [0.05, 0.1) is 0 Å². The molecule has 2 heterocycles. The van der Waals surface area contributed by atoms with Crippen LogP contribution in [0.3, 0.4) is 0 Å². The molecule has 4 nitrogen and oxygen atoms in total. The molecule has 1 saturated heterocycles. The average Bonchev–Trinajstić information content (AvgIpc) is 2.83. The van der Waals surface area contributed by atoms with E-state index in [-0.39, 0.29) is 11.9 Å². The first-order chi connectivity index (χ1) is 9.63. The van der Waals surface area contributed by atoms with Crippen LogP contribution in [0.15, 0.2) is 22.6 Å². The van der Waals surface area contributed by atoms with Crippen LogP contribution < -0.4 is 10.6 Å². The van der Waals surface area contributed by atoms with Gasteiger partial charge in [0.2, 0.25) is 0 Å². The highest BCUT2D eigenvalue weighted by molar-refractivity contribution is 5.96. The van der Waals surface area contributed by atoms with Gasteiger partial charge in [-0.25, -0.2) is 0 Å². The summed E-state index contributed by atoms with van der Waals surface area (Å²) in [7, 11) is 0. The molecule has 106 valence electrons. The molecule has 0 aliphatic carbocycles. The third-order valence-corrected chi connectivity index (χ3v) is 3.99. The fourth-order valence-corrected chi connectivity index (χ4v) is 2.65. The van der Waals surface area contributed by atoms with Crippen LogP contribution in [0.25, 0.3) is 11.0 Å². The highest BCUT2D eigenvalue weighted by atomic mass is 16.3. The van der Waals surface area contributed by atoms with Crippen LogP contribution in [0, 0.1) is 13.8 Å². The van der Waals surface area contributed by atoms with Gasteiger partial charge >= 0.3 is 0 Å².